The quantitative estimate of drug-likeness (QED) is 0.115. The Morgan fingerprint density at radius 2 is 1.55 bits per heavy atom. The summed E-state index contributed by atoms with van der Waals surface area (Å²) in [4.78, 5) is 52.0. The zero-order chi connectivity index (χ0) is 47.3. The van der Waals surface area contributed by atoms with Crippen LogP contribution in [0.3, 0.4) is 0 Å². The molecule has 4 aliphatic rings. The second kappa shape index (κ2) is 20.8. The summed E-state index contributed by atoms with van der Waals surface area (Å²) in [5.41, 5.74) is 8.49. The molecule has 66 heavy (non-hydrogen) atoms. The molecule has 1 unspecified atom stereocenters. The smallest absolute Gasteiger partial charge is 0.261 e. The predicted molar refractivity (Wildman–Crippen MR) is 270 cm³/mol. The standard InChI is InChI=1S/C50H55N5O7S2.C2H6/c1-9-12-41-30(2)17-35-26-51-39-24-45(43(59-6)22-37(39)48(57)54(35)41)61-28-31-18-32(20-34(19-31)53(5)47(56)15-16-50(3,4)64-63-8)29-62-46-25-40-38(23-44(46)60-7)49(58)55-36(27-52-40)21-33-13-10-11-14-42(33)55;1-2/h9-14,18-20,22-26,35-36,52H,15-17,21,27-29H2,1-8H3;1-2H3/b12-9-;/t35-,36?;/m0./s1. The van der Waals surface area contributed by atoms with E-state index in [1.807, 2.05) is 99.7 Å². The van der Waals surface area contributed by atoms with Crippen molar-refractivity contribution in [3.05, 3.63) is 118 Å². The van der Waals surface area contributed by atoms with Crippen molar-refractivity contribution >= 4 is 68.3 Å². The molecule has 1 N–H and O–H groups in total. The van der Waals surface area contributed by atoms with Crippen molar-refractivity contribution in [1.29, 1.82) is 0 Å². The Kier molecular flexibility index (Phi) is 15.1. The molecule has 0 aliphatic carbocycles. The molecular weight excluding hydrogens is 871 g/mol. The molecular formula is C52H61N5O7S2. The van der Waals surface area contributed by atoms with E-state index in [9.17, 15) is 14.4 Å². The van der Waals surface area contributed by atoms with Crippen LogP contribution in [0, 0.1) is 0 Å². The number of fused-ring (bicyclic) bond motifs is 6. The van der Waals surface area contributed by atoms with Gasteiger partial charge in [-0.15, -0.1) is 0 Å². The van der Waals surface area contributed by atoms with Gasteiger partial charge in [-0.1, -0.05) is 59.7 Å². The molecule has 4 aliphatic heterocycles. The molecule has 0 spiro atoms. The predicted octanol–water partition coefficient (Wildman–Crippen LogP) is 11.2. The number of anilines is 3. The number of methoxy groups -OCH3 is 2. The van der Waals surface area contributed by atoms with Crippen molar-refractivity contribution in [1.82, 2.24) is 4.90 Å². The molecule has 0 saturated carbocycles. The fourth-order valence-corrected chi connectivity index (χ4v) is 11.1. The van der Waals surface area contributed by atoms with E-state index >= 15 is 0 Å². The third-order valence-electron chi connectivity index (χ3n) is 12.2. The van der Waals surface area contributed by atoms with Gasteiger partial charge in [0.25, 0.3) is 11.8 Å². The van der Waals surface area contributed by atoms with Crippen molar-refractivity contribution in [2.45, 2.75) is 97.3 Å². The number of ether oxygens (including phenoxy) is 4. The van der Waals surface area contributed by atoms with E-state index in [1.165, 1.54) is 0 Å². The Labute approximate surface area is 397 Å². The van der Waals surface area contributed by atoms with Gasteiger partial charge in [-0.2, -0.15) is 0 Å². The molecule has 14 heteroatoms. The van der Waals surface area contributed by atoms with E-state index in [0.717, 1.165) is 40.1 Å². The normalized spacial score (nSPS) is 17.1. The summed E-state index contributed by atoms with van der Waals surface area (Å²) in [6.07, 6.45) is 10.4. The van der Waals surface area contributed by atoms with Crippen LogP contribution < -0.4 is 34.1 Å². The minimum absolute atomic E-state index is 0.0101. The number of nitrogens with one attached hydrogen (secondary N) is 1. The number of allylic oxidation sites excluding steroid dienone is 2. The number of nitrogens with zero attached hydrogens (tertiary/aromatic N) is 4. The van der Waals surface area contributed by atoms with E-state index < -0.39 is 0 Å². The third kappa shape index (κ3) is 9.95. The van der Waals surface area contributed by atoms with E-state index in [0.29, 0.717) is 77.0 Å². The Morgan fingerprint density at radius 1 is 0.894 bits per heavy atom. The molecule has 12 nitrogen and oxygen atoms in total. The highest BCUT2D eigenvalue weighted by Crippen LogP contribution is 2.43. The van der Waals surface area contributed by atoms with Crippen LogP contribution in [-0.4, -0.2) is 79.7 Å². The Morgan fingerprint density at radius 3 is 2.21 bits per heavy atom. The second-order valence-corrected chi connectivity index (χ2v) is 20.2. The van der Waals surface area contributed by atoms with Gasteiger partial charge in [-0.3, -0.25) is 24.3 Å². The van der Waals surface area contributed by atoms with Gasteiger partial charge in [0.05, 0.1) is 48.8 Å². The first-order valence-electron chi connectivity index (χ1n) is 22.5. The Hall–Kier alpha value is -5.86. The van der Waals surface area contributed by atoms with Gasteiger partial charge in [0, 0.05) is 60.2 Å². The average Bonchev–Trinajstić information content (AvgIpc) is 3.77. The van der Waals surface area contributed by atoms with Crippen LogP contribution in [0.15, 0.2) is 95.1 Å². The number of para-hydroxylation sites is 1. The van der Waals surface area contributed by atoms with Crippen molar-refractivity contribution in [2.75, 3.05) is 49.2 Å². The largest absolute Gasteiger partial charge is 0.493 e. The lowest BCUT2D eigenvalue weighted by atomic mass is 10.1. The molecule has 0 bridgehead atoms. The van der Waals surface area contributed by atoms with Crippen molar-refractivity contribution in [3.8, 4) is 23.0 Å². The summed E-state index contributed by atoms with van der Waals surface area (Å²) in [5.74, 6) is 1.48. The van der Waals surface area contributed by atoms with Gasteiger partial charge in [-0.05, 0) is 118 Å². The van der Waals surface area contributed by atoms with Crippen molar-refractivity contribution in [2.24, 2.45) is 4.99 Å². The maximum absolute atomic E-state index is 14.1. The van der Waals surface area contributed by atoms with Crippen LogP contribution in [0.5, 0.6) is 23.0 Å². The number of carbonyl (C=O) groups is 3. The van der Waals surface area contributed by atoms with E-state index in [1.54, 1.807) is 70.9 Å². The zero-order valence-electron chi connectivity index (χ0n) is 39.7. The first-order valence-corrected chi connectivity index (χ1v) is 25.0. The molecule has 0 radical (unpaired) electrons. The number of aliphatic imine (C=N–C) groups is 1. The lowest BCUT2D eigenvalue weighted by molar-refractivity contribution is -0.118. The van der Waals surface area contributed by atoms with E-state index in [2.05, 4.69) is 25.2 Å². The van der Waals surface area contributed by atoms with Crippen molar-refractivity contribution in [3.63, 3.8) is 0 Å². The molecule has 8 rings (SSSR count). The molecule has 3 amide bonds. The lowest BCUT2D eigenvalue weighted by Crippen LogP contribution is -2.39. The van der Waals surface area contributed by atoms with Gasteiger partial charge in [-0.25, -0.2) is 0 Å². The molecule has 348 valence electrons. The highest BCUT2D eigenvalue weighted by atomic mass is 33.1. The van der Waals surface area contributed by atoms with Gasteiger partial charge < -0.3 is 34.1 Å². The number of hydrogen-bond donors (Lipinski definition) is 1. The first kappa shape index (κ1) is 48.1. The summed E-state index contributed by atoms with van der Waals surface area (Å²) < 4.78 is 24.5. The molecule has 4 aromatic rings. The minimum atomic E-state index is -0.180. The average molecular weight is 932 g/mol. The fourth-order valence-electron chi connectivity index (χ4n) is 8.87. The number of rotatable bonds is 15. The van der Waals surface area contributed by atoms with Crippen molar-refractivity contribution < 1.29 is 33.3 Å². The fraction of sp³-hybridized carbons (Fsp3) is 0.385. The molecule has 0 aromatic heterocycles. The number of amides is 3. The van der Waals surface area contributed by atoms with Crippen LogP contribution in [0.4, 0.5) is 22.7 Å². The minimum Gasteiger partial charge on any atom is -0.493 e. The second-order valence-electron chi connectivity index (χ2n) is 17.0. The molecule has 4 heterocycles. The summed E-state index contributed by atoms with van der Waals surface area (Å²) in [6, 6.07) is 20.7. The maximum Gasteiger partial charge on any atom is 0.261 e. The number of carbonyl (C=O) groups excluding carboxylic acids is 3. The zero-order valence-corrected chi connectivity index (χ0v) is 41.3. The van der Waals surface area contributed by atoms with E-state index in [-0.39, 0.29) is 47.8 Å². The first-order chi connectivity index (χ1) is 31.8. The lowest BCUT2D eigenvalue weighted by Gasteiger charge is -2.25. The van der Waals surface area contributed by atoms with E-state index in [4.69, 9.17) is 23.9 Å². The Balaban J connectivity index is 0.00000320. The van der Waals surface area contributed by atoms with Gasteiger partial charge in [0.2, 0.25) is 5.91 Å². The monoisotopic (exact) mass is 931 g/mol. The van der Waals surface area contributed by atoms with Crippen LogP contribution in [0.25, 0.3) is 0 Å². The van der Waals surface area contributed by atoms with Gasteiger partial charge in [0.1, 0.15) is 13.2 Å². The Bertz CT molecular complexity index is 2590. The maximum atomic E-state index is 14.1. The highest BCUT2D eigenvalue weighted by molar-refractivity contribution is 8.76. The van der Waals surface area contributed by atoms with Crippen LogP contribution in [0.2, 0.25) is 0 Å². The summed E-state index contributed by atoms with van der Waals surface area (Å²) in [7, 11) is 8.36. The molecule has 0 fully saturated rings. The molecule has 0 saturated heterocycles. The third-order valence-corrected chi connectivity index (χ3v) is 14.9. The summed E-state index contributed by atoms with van der Waals surface area (Å²) in [6.45, 7) is 13.1. The summed E-state index contributed by atoms with van der Waals surface area (Å²) in [5, 5.41) is 3.51. The van der Waals surface area contributed by atoms with Gasteiger partial charge in [0.15, 0.2) is 23.0 Å². The topological polar surface area (TPSA) is 122 Å². The van der Waals surface area contributed by atoms with Crippen LogP contribution in [0.1, 0.15) is 98.2 Å². The molecule has 4 aromatic carbocycles. The summed E-state index contributed by atoms with van der Waals surface area (Å²) >= 11 is 0. The molecule has 2 atom stereocenters. The van der Waals surface area contributed by atoms with Crippen LogP contribution >= 0.6 is 21.6 Å². The SMILES string of the molecule is C/C=C\C1=C(C)C[C@H]2C=Nc3cc(OCc4cc(COc5cc6c(cc5OC)C(=O)N5c7ccccc7CC5CN6)cc(N(C)C(=O)CCC(C)(C)SSC)c4)c(OC)cc3C(=O)N12.CC. The number of benzene rings is 4. The van der Waals surface area contributed by atoms with Gasteiger partial charge >= 0.3 is 0 Å². The van der Waals surface area contributed by atoms with Crippen LogP contribution in [-0.2, 0) is 24.4 Å². The highest BCUT2D eigenvalue weighted by Gasteiger charge is 2.39. The number of hydrogen-bond acceptors (Lipinski definition) is 11.